The first kappa shape index (κ1) is 26.3. The zero-order chi connectivity index (χ0) is 27.6. The molecule has 2 aromatic carbocycles. The van der Waals surface area contributed by atoms with Crippen LogP contribution in [0.5, 0.6) is 11.5 Å². The number of thioether (sulfide) groups is 1. The van der Waals surface area contributed by atoms with Gasteiger partial charge in [0.2, 0.25) is 5.91 Å². The summed E-state index contributed by atoms with van der Waals surface area (Å²) in [5.74, 6) is -4.80. The van der Waals surface area contributed by atoms with E-state index in [0.29, 0.717) is 5.56 Å². The van der Waals surface area contributed by atoms with Gasteiger partial charge in [-0.15, -0.1) is 11.8 Å². The lowest BCUT2D eigenvalue weighted by Gasteiger charge is -2.49. The summed E-state index contributed by atoms with van der Waals surface area (Å²) in [5, 5.41) is 33.8. The second-order valence-corrected chi connectivity index (χ2v) is 9.36. The number of nitrogens with two attached hydrogens (primary N) is 1. The molecule has 2 unspecified atom stereocenters. The van der Waals surface area contributed by atoms with E-state index in [4.69, 9.17) is 5.73 Å². The quantitative estimate of drug-likeness (QED) is 0.200. The molecule has 14 heteroatoms. The molecular formula is C24H22N4O9S. The maximum atomic E-state index is 13.3. The summed E-state index contributed by atoms with van der Waals surface area (Å²) in [4.78, 5) is 62.9. The van der Waals surface area contributed by atoms with Crippen LogP contribution in [0.1, 0.15) is 22.0 Å². The minimum absolute atomic E-state index is 0.103. The van der Waals surface area contributed by atoms with Crippen LogP contribution in [0, 0.1) is 0 Å². The average molecular weight is 543 g/mol. The van der Waals surface area contributed by atoms with Gasteiger partial charge in [0.1, 0.15) is 29.8 Å². The third-order valence-corrected chi connectivity index (χ3v) is 7.21. The molecule has 2 heterocycles. The van der Waals surface area contributed by atoms with Crippen LogP contribution in [-0.2, 0) is 19.1 Å². The molecule has 0 bridgehead atoms. The minimum Gasteiger partial charge on any atom is -0.504 e. The second kappa shape index (κ2) is 10.7. The number of carbonyl (C=O) groups excluding carboxylic acids is 4. The smallest absolute Gasteiger partial charge is 0.404 e. The Hall–Kier alpha value is -4.72. The predicted molar refractivity (Wildman–Crippen MR) is 132 cm³/mol. The number of hydrogen-bond donors (Lipinski definition) is 6. The van der Waals surface area contributed by atoms with Crippen molar-refractivity contribution in [2.75, 3.05) is 12.4 Å². The van der Waals surface area contributed by atoms with Gasteiger partial charge in [0.05, 0.1) is 5.56 Å². The number of amides is 4. The summed E-state index contributed by atoms with van der Waals surface area (Å²) in [6.45, 7) is -0.401. The number of carbonyl (C=O) groups is 5. The van der Waals surface area contributed by atoms with Crippen LogP contribution >= 0.6 is 11.8 Å². The largest absolute Gasteiger partial charge is 0.504 e. The Balaban J connectivity index is 1.54. The van der Waals surface area contributed by atoms with E-state index < -0.39 is 65.3 Å². The molecule has 2 aliphatic heterocycles. The number of fused-ring (bicyclic) bond motifs is 1. The average Bonchev–Trinajstić information content (AvgIpc) is 2.90. The summed E-state index contributed by atoms with van der Waals surface area (Å²) in [5.41, 5.74) is 4.88. The summed E-state index contributed by atoms with van der Waals surface area (Å²) in [7, 11) is 0. The number of benzene rings is 2. The fourth-order valence-electron chi connectivity index (χ4n) is 4.06. The summed E-state index contributed by atoms with van der Waals surface area (Å²) >= 11 is 1.16. The number of nitrogens with one attached hydrogen (secondary N) is 2. The van der Waals surface area contributed by atoms with Crippen LogP contribution in [0.3, 0.4) is 0 Å². The van der Waals surface area contributed by atoms with Crippen LogP contribution < -0.4 is 16.4 Å². The van der Waals surface area contributed by atoms with Gasteiger partial charge in [0.15, 0.2) is 11.5 Å². The van der Waals surface area contributed by atoms with E-state index in [1.54, 1.807) is 30.3 Å². The molecular weight excluding hydrogens is 520 g/mol. The molecule has 0 radical (unpaired) electrons. The van der Waals surface area contributed by atoms with E-state index >= 15 is 0 Å². The number of nitrogens with zero attached hydrogens (tertiary/aromatic N) is 1. The number of carboxylic acid groups (broad SMARTS) is 1. The zero-order valence-electron chi connectivity index (χ0n) is 19.5. The molecule has 4 rings (SSSR count). The minimum atomic E-state index is -1.41. The number of phenolic OH excluding ortho intramolecular Hbond substituents is 2. The molecule has 198 valence electrons. The Bertz CT molecular complexity index is 1350. The first-order chi connectivity index (χ1) is 18.1. The van der Waals surface area contributed by atoms with Crippen LogP contribution in [0.2, 0.25) is 0 Å². The highest BCUT2D eigenvalue weighted by Crippen LogP contribution is 2.40. The zero-order valence-corrected chi connectivity index (χ0v) is 20.3. The topological polar surface area (TPSA) is 209 Å². The highest BCUT2D eigenvalue weighted by molar-refractivity contribution is 8.00. The molecule has 38 heavy (non-hydrogen) atoms. The highest BCUT2D eigenvalue weighted by atomic mass is 32.2. The number of aliphatic carboxylic acids is 1. The van der Waals surface area contributed by atoms with Crippen molar-refractivity contribution >= 4 is 41.5 Å². The number of aromatic hydroxyl groups is 2. The van der Waals surface area contributed by atoms with Crippen molar-refractivity contribution in [2.24, 2.45) is 5.73 Å². The van der Waals surface area contributed by atoms with Crippen molar-refractivity contribution in [1.82, 2.24) is 15.5 Å². The van der Waals surface area contributed by atoms with Crippen molar-refractivity contribution in [3.05, 3.63) is 70.9 Å². The molecule has 2 aliphatic rings. The van der Waals surface area contributed by atoms with Gasteiger partial charge in [-0.25, -0.2) is 9.59 Å². The number of primary amides is 1. The number of phenols is 2. The van der Waals surface area contributed by atoms with Gasteiger partial charge in [-0.05, 0) is 17.7 Å². The lowest BCUT2D eigenvalue weighted by molar-refractivity contribution is -0.151. The number of ether oxygens (including phenoxy) is 1. The molecule has 0 saturated carbocycles. The lowest BCUT2D eigenvalue weighted by Crippen LogP contribution is -2.71. The van der Waals surface area contributed by atoms with Gasteiger partial charge in [-0.1, -0.05) is 36.4 Å². The Morgan fingerprint density at radius 1 is 1.11 bits per heavy atom. The SMILES string of the molecule is NC(=O)OCC1=C(C(=O)O)N2C(=O)C(NC(=O)C(NC(=O)c3cccc(O)c3O)c3ccccc3)[C@@H]2SC1. The fraction of sp³-hybridized carbons (Fsp3) is 0.208. The van der Waals surface area contributed by atoms with Crippen LogP contribution in [0.25, 0.3) is 0 Å². The number of β-lactam (4-membered cyclic amide) rings is 1. The van der Waals surface area contributed by atoms with Crippen LogP contribution in [-0.4, -0.2) is 73.8 Å². The molecule has 7 N–H and O–H groups in total. The van der Waals surface area contributed by atoms with E-state index in [9.17, 15) is 39.3 Å². The van der Waals surface area contributed by atoms with Gasteiger partial charge in [0, 0.05) is 11.3 Å². The van der Waals surface area contributed by atoms with Crippen molar-refractivity contribution in [3.8, 4) is 11.5 Å². The molecule has 2 aromatic rings. The summed E-state index contributed by atoms with van der Waals surface area (Å²) in [6.07, 6.45) is -1.09. The molecule has 4 amide bonds. The molecule has 1 saturated heterocycles. The van der Waals surface area contributed by atoms with Crippen molar-refractivity contribution in [3.63, 3.8) is 0 Å². The fourth-order valence-corrected chi connectivity index (χ4v) is 5.39. The number of carboxylic acids is 1. The Morgan fingerprint density at radius 2 is 1.82 bits per heavy atom. The second-order valence-electron chi connectivity index (χ2n) is 8.25. The monoisotopic (exact) mass is 542 g/mol. The summed E-state index contributed by atoms with van der Waals surface area (Å²) in [6, 6.07) is 9.53. The van der Waals surface area contributed by atoms with Gasteiger partial charge in [0.25, 0.3) is 11.8 Å². The first-order valence-electron chi connectivity index (χ1n) is 11.1. The third-order valence-electron chi connectivity index (χ3n) is 5.87. The van der Waals surface area contributed by atoms with Crippen molar-refractivity contribution < 1.29 is 44.0 Å². The molecule has 0 spiro atoms. The van der Waals surface area contributed by atoms with E-state index in [0.717, 1.165) is 16.7 Å². The van der Waals surface area contributed by atoms with Gasteiger partial charge >= 0.3 is 12.1 Å². The highest BCUT2D eigenvalue weighted by Gasteiger charge is 2.54. The standard InChI is InChI=1S/C24H22N4O9S/c25-24(36)37-9-12-10-38-22-16(21(33)28(22)17(12)23(34)35)27-20(32)15(11-5-2-1-3-6-11)26-19(31)13-7-4-8-14(29)18(13)30/h1-8,15-16,22,29-30H,9-10H2,(H2,25,36)(H,26,31)(H,27,32)(H,34,35)/t15?,16?,22-/m0/s1. The normalized spacial score (nSPS) is 19.1. The Kier molecular flexibility index (Phi) is 7.43. The van der Waals surface area contributed by atoms with Crippen LogP contribution in [0.15, 0.2) is 59.8 Å². The molecule has 0 aliphatic carbocycles. The predicted octanol–water partition coefficient (Wildman–Crippen LogP) is 0.403. The third kappa shape index (κ3) is 5.06. The number of rotatable bonds is 8. The molecule has 1 fully saturated rings. The summed E-state index contributed by atoms with van der Waals surface area (Å²) < 4.78 is 4.69. The first-order valence-corrected chi connectivity index (χ1v) is 12.1. The molecule has 13 nitrogen and oxygen atoms in total. The van der Waals surface area contributed by atoms with E-state index in [2.05, 4.69) is 15.4 Å². The van der Waals surface area contributed by atoms with E-state index in [1.165, 1.54) is 18.2 Å². The number of para-hydroxylation sites is 1. The maximum absolute atomic E-state index is 13.3. The molecule has 0 aromatic heterocycles. The lowest BCUT2D eigenvalue weighted by atomic mass is 10.0. The van der Waals surface area contributed by atoms with Gasteiger partial charge < -0.3 is 36.4 Å². The maximum Gasteiger partial charge on any atom is 0.404 e. The number of hydrogen-bond acceptors (Lipinski definition) is 9. The van der Waals surface area contributed by atoms with E-state index in [1.807, 2.05) is 0 Å². The van der Waals surface area contributed by atoms with Crippen molar-refractivity contribution in [2.45, 2.75) is 17.5 Å². The van der Waals surface area contributed by atoms with Gasteiger partial charge in [-0.3, -0.25) is 19.3 Å². The van der Waals surface area contributed by atoms with Crippen molar-refractivity contribution in [1.29, 1.82) is 0 Å². The Labute approximate surface area is 219 Å². The van der Waals surface area contributed by atoms with Crippen LogP contribution in [0.4, 0.5) is 4.79 Å². The van der Waals surface area contributed by atoms with Gasteiger partial charge in [-0.2, -0.15) is 0 Å². The van der Waals surface area contributed by atoms with E-state index in [-0.39, 0.29) is 22.6 Å². The Morgan fingerprint density at radius 3 is 2.47 bits per heavy atom. The molecule has 3 atom stereocenters.